The highest BCUT2D eigenvalue weighted by Crippen LogP contribution is 2.19. The van der Waals surface area contributed by atoms with Crippen LogP contribution in [0.25, 0.3) is 0 Å². The lowest BCUT2D eigenvalue weighted by Gasteiger charge is -2.28. The highest BCUT2D eigenvalue weighted by Gasteiger charge is 2.36. The molecule has 0 aromatic heterocycles. The fourth-order valence-electron chi connectivity index (χ4n) is 1.90. The molecule has 1 aromatic carbocycles. The molecule has 1 aromatic rings. The van der Waals surface area contributed by atoms with Crippen molar-refractivity contribution in [1.82, 2.24) is 5.32 Å². The summed E-state index contributed by atoms with van der Waals surface area (Å²) in [5.74, 6) is -1.52. The smallest absolute Gasteiger partial charge is 0.329 e. The molecular weight excluding hydrogens is 263 g/mol. The molecule has 5 nitrogen and oxygen atoms in total. The van der Waals surface area contributed by atoms with E-state index >= 15 is 0 Å². The predicted octanol–water partition coefficient (Wildman–Crippen LogP) is 2.90. The number of carbonyl (C=O) groups excluding carboxylic acids is 1. The number of hydrogen-bond acceptors (Lipinski definition) is 2. The molecule has 0 unspecified atom stereocenters. The summed E-state index contributed by atoms with van der Waals surface area (Å²) in [5, 5.41) is 14.2. The third-order valence-corrected chi connectivity index (χ3v) is 3.49. The lowest BCUT2D eigenvalue weighted by atomic mass is 9.93. The van der Waals surface area contributed by atoms with Gasteiger partial charge in [-0.2, -0.15) is 0 Å². The number of hydrogen-bond donors (Lipinski definition) is 3. The first-order valence-electron chi connectivity index (χ1n) is 6.44. The number of aliphatic carboxylic acids is 1. The molecule has 6 heteroatoms. The van der Waals surface area contributed by atoms with E-state index in [1.54, 1.807) is 19.9 Å². The number of carbonyl (C=O) groups is 2. The Labute approximate surface area is 117 Å². The van der Waals surface area contributed by atoms with Gasteiger partial charge < -0.3 is 15.7 Å². The SMILES string of the molecule is CCC(CC)(NC(=O)Nc1cccc(F)c1C)C(=O)O. The van der Waals surface area contributed by atoms with Crippen molar-refractivity contribution in [3.63, 3.8) is 0 Å². The Kier molecular flexibility index (Phi) is 5.07. The molecule has 0 fully saturated rings. The second kappa shape index (κ2) is 6.36. The molecule has 20 heavy (non-hydrogen) atoms. The van der Waals surface area contributed by atoms with Gasteiger partial charge in [-0.1, -0.05) is 19.9 Å². The molecule has 0 bridgehead atoms. The first-order chi connectivity index (χ1) is 9.36. The zero-order chi connectivity index (χ0) is 15.3. The lowest BCUT2D eigenvalue weighted by molar-refractivity contribution is -0.144. The van der Waals surface area contributed by atoms with E-state index in [0.717, 1.165) is 0 Å². The van der Waals surface area contributed by atoms with Gasteiger partial charge in [-0.15, -0.1) is 0 Å². The van der Waals surface area contributed by atoms with Gasteiger partial charge in [-0.05, 0) is 31.9 Å². The van der Waals surface area contributed by atoms with E-state index in [4.69, 9.17) is 0 Å². The fourth-order valence-corrected chi connectivity index (χ4v) is 1.90. The van der Waals surface area contributed by atoms with E-state index in [9.17, 15) is 19.1 Å². The number of carboxylic acid groups (broad SMARTS) is 1. The van der Waals surface area contributed by atoms with E-state index < -0.39 is 23.4 Å². The molecule has 0 atom stereocenters. The summed E-state index contributed by atoms with van der Waals surface area (Å²) in [6, 6.07) is 3.66. The summed E-state index contributed by atoms with van der Waals surface area (Å²) in [5.41, 5.74) is -0.698. The van der Waals surface area contributed by atoms with Crippen LogP contribution >= 0.6 is 0 Å². The standard InChI is InChI=1S/C14H19FN2O3/c1-4-14(5-2,12(18)19)17-13(20)16-11-8-6-7-10(15)9(11)3/h6-8H,4-5H2,1-3H3,(H,18,19)(H2,16,17,20). The number of urea groups is 1. The van der Waals surface area contributed by atoms with Gasteiger partial charge in [-0.25, -0.2) is 14.0 Å². The van der Waals surface area contributed by atoms with Crippen LogP contribution in [-0.4, -0.2) is 22.6 Å². The van der Waals surface area contributed by atoms with E-state index in [1.165, 1.54) is 19.1 Å². The van der Waals surface area contributed by atoms with Crippen LogP contribution in [0.1, 0.15) is 32.3 Å². The topological polar surface area (TPSA) is 78.4 Å². The minimum absolute atomic E-state index is 0.258. The average molecular weight is 282 g/mol. The molecule has 0 aliphatic rings. The number of carboxylic acids is 1. The number of halogens is 1. The van der Waals surface area contributed by atoms with Gasteiger partial charge in [0, 0.05) is 11.3 Å². The minimum Gasteiger partial charge on any atom is -0.480 e. The average Bonchev–Trinajstić information content (AvgIpc) is 2.41. The van der Waals surface area contributed by atoms with E-state index in [1.807, 2.05) is 0 Å². The van der Waals surface area contributed by atoms with Crippen LogP contribution in [-0.2, 0) is 4.79 Å². The van der Waals surface area contributed by atoms with E-state index in [-0.39, 0.29) is 12.8 Å². The molecule has 1 rings (SSSR count). The van der Waals surface area contributed by atoms with Crippen molar-refractivity contribution in [2.24, 2.45) is 0 Å². The molecule has 0 aliphatic carbocycles. The maximum Gasteiger partial charge on any atom is 0.329 e. The van der Waals surface area contributed by atoms with Crippen molar-refractivity contribution in [2.75, 3.05) is 5.32 Å². The Bertz CT molecular complexity index is 513. The Hall–Kier alpha value is -2.11. The third-order valence-electron chi connectivity index (χ3n) is 3.49. The molecule has 0 radical (unpaired) electrons. The monoisotopic (exact) mass is 282 g/mol. The summed E-state index contributed by atoms with van der Waals surface area (Å²) in [6.45, 7) is 4.91. The maximum atomic E-state index is 13.4. The maximum absolute atomic E-state index is 13.4. The fraction of sp³-hybridized carbons (Fsp3) is 0.429. The Balaban J connectivity index is 2.86. The number of amides is 2. The van der Waals surface area contributed by atoms with Gasteiger partial charge in [-0.3, -0.25) is 0 Å². The summed E-state index contributed by atoms with van der Waals surface area (Å²) in [6.07, 6.45) is 0.517. The van der Waals surface area contributed by atoms with Gasteiger partial charge in [0.1, 0.15) is 11.4 Å². The van der Waals surface area contributed by atoms with Crippen LogP contribution in [0.2, 0.25) is 0 Å². The molecule has 0 spiro atoms. The Morgan fingerprint density at radius 2 is 1.90 bits per heavy atom. The van der Waals surface area contributed by atoms with Crippen LogP contribution < -0.4 is 10.6 Å². The van der Waals surface area contributed by atoms with Crippen LogP contribution in [0.5, 0.6) is 0 Å². The summed E-state index contributed by atoms with van der Waals surface area (Å²) in [7, 11) is 0. The number of benzene rings is 1. The molecule has 2 amide bonds. The van der Waals surface area contributed by atoms with Gasteiger partial charge in [0.25, 0.3) is 0 Å². The second-order valence-corrected chi connectivity index (χ2v) is 4.59. The zero-order valence-corrected chi connectivity index (χ0v) is 11.8. The van der Waals surface area contributed by atoms with Gasteiger partial charge >= 0.3 is 12.0 Å². The van der Waals surface area contributed by atoms with Gasteiger partial charge in [0.2, 0.25) is 0 Å². The molecule has 0 saturated heterocycles. The molecule has 0 heterocycles. The van der Waals surface area contributed by atoms with Crippen molar-refractivity contribution >= 4 is 17.7 Å². The summed E-state index contributed by atoms with van der Waals surface area (Å²) in [4.78, 5) is 23.2. The van der Waals surface area contributed by atoms with E-state index in [2.05, 4.69) is 10.6 Å². The molecule has 3 N–H and O–H groups in total. The second-order valence-electron chi connectivity index (χ2n) is 4.59. The largest absolute Gasteiger partial charge is 0.480 e. The number of rotatable bonds is 5. The highest BCUT2D eigenvalue weighted by atomic mass is 19.1. The number of anilines is 1. The van der Waals surface area contributed by atoms with Crippen LogP contribution in [0.3, 0.4) is 0 Å². The Morgan fingerprint density at radius 1 is 1.30 bits per heavy atom. The minimum atomic E-state index is -1.31. The zero-order valence-electron chi connectivity index (χ0n) is 11.8. The number of nitrogens with one attached hydrogen (secondary N) is 2. The van der Waals surface area contributed by atoms with Crippen molar-refractivity contribution in [2.45, 2.75) is 39.2 Å². The summed E-state index contributed by atoms with van der Waals surface area (Å²) >= 11 is 0. The third kappa shape index (κ3) is 3.26. The first kappa shape index (κ1) is 15.9. The van der Waals surface area contributed by atoms with Gasteiger partial charge in [0.05, 0.1) is 0 Å². The summed E-state index contributed by atoms with van der Waals surface area (Å²) < 4.78 is 13.4. The van der Waals surface area contributed by atoms with Crippen LogP contribution in [0, 0.1) is 12.7 Å². The lowest BCUT2D eigenvalue weighted by Crippen LogP contribution is -2.55. The van der Waals surface area contributed by atoms with Gasteiger partial charge in [0.15, 0.2) is 0 Å². The van der Waals surface area contributed by atoms with Crippen LogP contribution in [0.4, 0.5) is 14.9 Å². The molecule has 110 valence electrons. The molecule has 0 aliphatic heterocycles. The van der Waals surface area contributed by atoms with Crippen molar-refractivity contribution in [1.29, 1.82) is 0 Å². The first-order valence-corrected chi connectivity index (χ1v) is 6.44. The van der Waals surface area contributed by atoms with Crippen LogP contribution in [0.15, 0.2) is 18.2 Å². The normalized spacial score (nSPS) is 11.0. The van der Waals surface area contributed by atoms with Crippen molar-refractivity contribution in [3.05, 3.63) is 29.6 Å². The highest BCUT2D eigenvalue weighted by molar-refractivity contribution is 5.94. The predicted molar refractivity (Wildman–Crippen MR) is 74.2 cm³/mol. The molecule has 0 saturated carbocycles. The van der Waals surface area contributed by atoms with Crippen molar-refractivity contribution < 1.29 is 19.1 Å². The quantitative estimate of drug-likeness (QED) is 0.777. The molecular formula is C14H19FN2O3. The van der Waals surface area contributed by atoms with E-state index in [0.29, 0.717) is 11.3 Å². The Morgan fingerprint density at radius 3 is 2.40 bits per heavy atom. The van der Waals surface area contributed by atoms with Crippen molar-refractivity contribution in [3.8, 4) is 0 Å².